The van der Waals surface area contributed by atoms with Crippen LogP contribution in [-0.4, -0.2) is 29.6 Å². The van der Waals surface area contributed by atoms with E-state index in [-0.39, 0.29) is 6.54 Å². The van der Waals surface area contributed by atoms with Crippen LogP contribution in [0.5, 0.6) is 0 Å². The lowest BCUT2D eigenvalue weighted by molar-refractivity contribution is -0.136. The molecule has 92 valence electrons. The van der Waals surface area contributed by atoms with Gasteiger partial charge in [-0.1, -0.05) is 12.1 Å². The maximum absolute atomic E-state index is 11.4. The van der Waals surface area contributed by atoms with Gasteiger partial charge >= 0.3 is 11.8 Å². The van der Waals surface area contributed by atoms with Crippen LogP contribution in [0.3, 0.4) is 0 Å². The van der Waals surface area contributed by atoms with Crippen molar-refractivity contribution in [3.63, 3.8) is 0 Å². The molecule has 1 rings (SSSR count). The molecule has 0 aliphatic rings. The first kappa shape index (κ1) is 13.2. The second-order valence-electron chi connectivity index (χ2n) is 3.88. The van der Waals surface area contributed by atoms with Gasteiger partial charge in [0.2, 0.25) is 0 Å². The summed E-state index contributed by atoms with van der Waals surface area (Å²) in [5.41, 5.74) is 1.56. The molecule has 0 radical (unpaired) electrons. The summed E-state index contributed by atoms with van der Waals surface area (Å²) >= 11 is 0. The van der Waals surface area contributed by atoms with E-state index < -0.39 is 17.9 Å². The molecule has 1 aromatic rings. The van der Waals surface area contributed by atoms with Gasteiger partial charge in [0, 0.05) is 12.2 Å². The summed E-state index contributed by atoms with van der Waals surface area (Å²) in [5.74, 6) is -1.50. The van der Waals surface area contributed by atoms with Crippen molar-refractivity contribution in [2.45, 2.75) is 20.0 Å². The van der Waals surface area contributed by atoms with Crippen LogP contribution in [0.4, 0.5) is 5.69 Å². The molecule has 0 heterocycles. The number of anilines is 1. The number of aryl methyl sites for hydroxylation is 1. The molecule has 0 spiro atoms. The molecule has 1 atom stereocenters. The lowest BCUT2D eigenvalue weighted by atomic mass is 10.2. The molecule has 5 nitrogen and oxygen atoms in total. The smallest absolute Gasteiger partial charge is 0.313 e. The van der Waals surface area contributed by atoms with Crippen molar-refractivity contribution in [2.75, 3.05) is 11.9 Å². The normalized spacial score (nSPS) is 11.7. The first-order valence-corrected chi connectivity index (χ1v) is 5.33. The monoisotopic (exact) mass is 236 g/mol. The first-order chi connectivity index (χ1) is 7.99. The second kappa shape index (κ2) is 6.00. The van der Waals surface area contributed by atoms with Crippen molar-refractivity contribution in [1.29, 1.82) is 0 Å². The Morgan fingerprint density at radius 2 is 2.06 bits per heavy atom. The van der Waals surface area contributed by atoms with Gasteiger partial charge in [-0.25, -0.2) is 0 Å². The standard InChI is InChI=1S/C12H16N2O3/c1-8-4-3-5-10(6-8)14-12(17)11(16)13-7-9(2)15/h3-6,9,15H,7H2,1-2H3,(H,13,16)(H,14,17)/t9-/m1/s1. The van der Waals surface area contributed by atoms with Crippen LogP contribution in [0.25, 0.3) is 0 Å². The zero-order chi connectivity index (χ0) is 12.8. The fraction of sp³-hybridized carbons (Fsp3) is 0.333. The highest BCUT2D eigenvalue weighted by Gasteiger charge is 2.13. The van der Waals surface area contributed by atoms with Crippen LogP contribution in [0.1, 0.15) is 12.5 Å². The molecule has 0 bridgehead atoms. The molecular weight excluding hydrogens is 220 g/mol. The third-order valence-corrected chi connectivity index (χ3v) is 2.04. The van der Waals surface area contributed by atoms with Gasteiger partial charge in [-0.2, -0.15) is 0 Å². The highest BCUT2D eigenvalue weighted by molar-refractivity contribution is 6.39. The lowest BCUT2D eigenvalue weighted by Gasteiger charge is -2.08. The van der Waals surface area contributed by atoms with Gasteiger partial charge in [0.1, 0.15) is 0 Å². The average molecular weight is 236 g/mol. The number of amides is 2. The zero-order valence-corrected chi connectivity index (χ0v) is 9.86. The summed E-state index contributed by atoms with van der Waals surface area (Å²) in [7, 11) is 0. The lowest BCUT2D eigenvalue weighted by Crippen LogP contribution is -2.38. The Labute approximate surface area is 99.8 Å². The first-order valence-electron chi connectivity index (χ1n) is 5.33. The molecule has 0 saturated carbocycles. The van der Waals surface area contributed by atoms with Crippen LogP contribution in [-0.2, 0) is 9.59 Å². The number of nitrogens with one attached hydrogen (secondary N) is 2. The SMILES string of the molecule is Cc1cccc(NC(=O)C(=O)NC[C@@H](C)O)c1. The van der Waals surface area contributed by atoms with E-state index in [1.165, 1.54) is 6.92 Å². The quantitative estimate of drug-likeness (QED) is 0.666. The van der Waals surface area contributed by atoms with E-state index in [0.717, 1.165) is 5.56 Å². The number of carbonyl (C=O) groups is 2. The number of hydrogen-bond acceptors (Lipinski definition) is 3. The van der Waals surface area contributed by atoms with Crippen LogP contribution in [0, 0.1) is 6.92 Å². The molecule has 0 unspecified atom stereocenters. The Bertz CT molecular complexity index is 416. The van der Waals surface area contributed by atoms with E-state index >= 15 is 0 Å². The van der Waals surface area contributed by atoms with E-state index in [1.807, 2.05) is 13.0 Å². The van der Waals surface area contributed by atoms with Crippen molar-refractivity contribution in [1.82, 2.24) is 5.32 Å². The minimum Gasteiger partial charge on any atom is -0.392 e. The second-order valence-corrected chi connectivity index (χ2v) is 3.88. The number of aliphatic hydroxyl groups excluding tert-OH is 1. The Kier molecular flexibility index (Phi) is 4.66. The fourth-order valence-corrected chi connectivity index (χ4v) is 1.23. The number of aliphatic hydroxyl groups is 1. The van der Waals surface area contributed by atoms with Crippen molar-refractivity contribution >= 4 is 17.5 Å². The van der Waals surface area contributed by atoms with Crippen LogP contribution in [0.15, 0.2) is 24.3 Å². The van der Waals surface area contributed by atoms with Crippen molar-refractivity contribution in [2.24, 2.45) is 0 Å². The zero-order valence-electron chi connectivity index (χ0n) is 9.86. The molecule has 5 heteroatoms. The minimum atomic E-state index is -0.757. The summed E-state index contributed by atoms with van der Waals surface area (Å²) in [5, 5.41) is 13.8. The number of benzene rings is 1. The van der Waals surface area contributed by atoms with Gasteiger partial charge in [0.25, 0.3) is 0 Å². The van der Waals surface area contributed by atoms with Gasteiger partial charge in [-0.15, -0.1) is 0 Å². The molecule has 0 aromatic heterocycles. The van der Waals surface area contributed by atoms with Crippen molar-refractivity contribution in [3.05, 3.63) is 29.8 Å². The molecule has 2 amide bonds. The van der Waals surface area contributed by atoms with Gasteiger partial charge < -0.3 is 15.7 Å². The van der Waals surface area contributed by atoms with E-state index in [1.54, 1.807) is 18.2 Å². The topological polar surface area (TPSA) is 78.4 Å². The van der Waals surface area contributed by atoms with Crippen molar-refractivity contribution < 1.29 is 14.7 Å². The Morgan fingerprint density at radius 1 is 1.35 bits per heavy atom. The Balaban J connectivity index is 2.51. The number of carbonyl (C=O) groups excluding carboxylic acids is 2. The van der Waals surface area contributed by atoms with E-state index in [4.69, 9.17) is 5.11 Å². The van der Waals surface area contributed by atoms with Gasteiger partial charge in [-0.05, 0) is 31.5 Å². The molecule has 1 aromatic carbocycles. The van der Waals surface area contributed by atoms with Crippen LogP contribution >= 0.6 is 0 Å². The Morgan fingerprint density at radius 3 is 2.65 bits per heavy atom. The minimum absolute atomic E-state index is 0.0556. The van der Waals surface area contributed by atoms with Crippen molar-refractivity contribution in [3.8, 4) is 0 Å². The summed E-state index contributed by atoms with van der Waals surface area (Å²) in [6, 6.07) is 7.15. The molecule has 0 aliphatic heterocycles. The van der Waals surface area contributed by atoms with E-state index in [0.29, 0.717) is 5.69 Å². The predicted octanol–water partition coefficient (Wildman–Crippen LogP) is 0.431. The van der Waals surface area contributed by atoms with Gasteiger partial charge in [0.15, 0.2) is 0 Å². The summed E-state index contributed by atoms with van der Waals surface area (Å²) in [4.78, 5) is 22.7. The molecule has 0 fully saturated rings. The molecular formula is C12H16N2O3. The van der Waals surface area contributed by atoms with Gasteiger partial charge in [0.05, 0.1) is 6.10 Å². The fourth-order valence-electron chi connectivity index (χ4n) is 1.23. The highest BCUT2D eigenvalue weighted by Crippen LogP contribution is 2.08. The highest BCUT2D eigenvalue weighted by atomic mass is 16.3. The van der Waals surface area contributed by atoms with E-state index in [2.05, 4.69) is 10.6 Å². The van der Waals surface area contributed by atoms with Crippen LogP contribution < -0.4 is 10.6 Å². The number of hydrogen-bond donors (Lipinski definition) is 3. The molecule has 17 heavy (non-hydrogen) atoms. The van der Waals surface area contributed by atoms with E-state index in [9.17, 15) is 9.59 Å². The average Bonchev–Trinajstić information content (AvgIpc) is 2.25. The third kappa shape index (κ3) is 4.65. The molecule has 0 saturated heterocycles. The maximum Gasteiger partial charge on any atom is 0.313 e. The molecule has 0 aliphatic carbocycles. The molecule has 3 N–H and O–H groups in total. The van der Waals surface area contributed by atoms with Gasteiger partial charge in [-0.3, -0.25) is 9.59 Å². The van der Waals surface area contributed by atoms with Crippen LogP contribution in [0.2, 0.25) is 0 Å². The predicted molar refractivity (Wildman–Crippen MR) is 64.5 cm³/mol. The summed E-state index contributed by atoms with van der Waals surface area (Å²) in [6.45, 7) is 3.47. The maximum atomic E-state index is 11.4. The summed E-state index contributed by atoms with van der Waals surface area (Å²) in [6.07, 6.45) is -0.675. The third-order valence-electron chi connectivity index (χ3n) is 2.04. The summed E-state index contributed by atoms with van der Waals surface area (Å²) < 4.78 is 0. The Hall–Kier alpha value is -1.88. The number of rotatable bonds is 3. The largest absolute Gasteiger partial charge is 0.392 e.